The molecule has 5 nitrogen and oxygen atoms in total. The molecular weight excluding hydrogens is 236 g/mol. The van der Waals surface area contributed by atoms with Crippen molar-refractivity contribution in [3.05, 3.63) is 11.8 Å². The number of nitrogens with two attached hydrogens (primary N) is 1. The van der Waals surface area contributed by atoms with Gasteiger partial charge < -0.3 is 11.1 Å². The van der Waals surface area contributed by atoms with E-state index in [9.17, 15) is 4.79 Å². The maximum atomic E-state index is 11.9. The predicted octanol–water partition coefficient (Wildman–Crippen LogP) is 1.23. The molecule has 1 aromatic rings. The quantitative estimate of drug-likeness (QED) is 0.803. The van der Waals surface area contributed by atoms with Crippen LogP contribution in [0.3, 0.4) is 0 Å². The smallest absolute Gasteiger partial charge is 0.242 e. The minimum Gasteiger partial charge on any atom is -0.320 e. The van der Waals surface area contributed by atoms with Crippen LogP contribution < -0.4 is 11.1 Å². The zero-order chi connectivity index (χ0) is 12.8. The lowest BCUT2D eigenvalue weighted by Gasteiger charge is -2.13. The number of thioether (sulfide) groups is 1. The van der Waals surface area contributed by atoms with Gasteiger partial charge in [0.15, 0.2) is 0 Å². The lowest BCUT2D eigenvalue weighted by molar-refractivity contribution is -0.117. The molecule has 0 aliphatic rings. The van der Waals surface area contributed by atoms with Crippen LogP contribution in [0, 0.1) is 6.92 Å². The number of anilines is 1. The van der Waals surface area contributed by atoms with Gasteiger partial charge in [-0.3, -0.25) is 4.79 Å². The third kappa shape index (κ3) is 3.74. The van der Waals surface area contributed by atoms with Gasteiger partial charge in [-0.2, -0.15) is 16.9 Å². The number of aromatic nitrogens is 2. The topological polar surface area (TPSA) is 72.9 Å². The Kier molecular flexibility index (Phi) is 5.50. The van der Waals surface area contributed by atoms with Crippen LogP contribution >= 0.6 is 11.8 Å². The molecule has 1 aromatic heterocycles. The third-order valence-electron chi connectivity index (χ3n) is 2.53. The van der Waals surface area contributed by atoms with Gasteiger partial charge in [-0.1, -0.05) is 0 Å². The molecular formula is C11H20N4OS. The molecule has 17 heavy (non-hydrogen) atoms. The molecule has 1 atom stereocenters. The minimum absolute atomic E-state index is 0.141. The van der Waals surface area contributed by atoms with Crippen LogP contribution in [-0.2, 0) is 11.3 Å². The molecule has 0 saturated carbocycles. The number of amides is 1. The van der Waals surface area contributed by atoms with Gasteiger partial charge in [-0.05, 0) is 32.3 Å². The molecule has 0 aliphatic heterocycles. The van der Waals surface area contributed by atoms with Crippen LogP contribution in [0.25, 0.3) is 0 Å². The highest BCUT2D eigenvalue weighted by atomic mass is 32.2. The van der Waals surface area contributed by atoms with Gasteiger partial charge >= 0.3 is 0 Å². The summed E-state index contributed by atoms with van der Waals surface area (Å²) in [6, 6.07) is -0.456. The molecule has 0 fully saturated rings. The van der Waals surface area contributed by atoms with Crippen LogP contribution in [0.2, 0.25) is 0 Å². The van der Waals surface area contributed by atoms with E-state index in [0.29, 0.717) is 6.42 Å². The van der Waals surface area contributed by atoms with E-state index in [1.165, 1.54) is 0 Å². The minimum atomic E-state index is -0.456. The molecule has 0 bridgehead atoms. The molecule has 1 heterocycles. The average Bonchev–Trinajstić information content (AvgIpc) is 2.67. The van der Waals surface area contributed by atoms with E-state index < -0.39 is 6.04 Å². The highest BCUT2D eigenvalue weighted by Crippen LogP contribution is 2.14. The fraction of sp³-hybridized carbons (Fsp3) is 0.636. The summed E-state index contributed by atoms with van der Waals surface area (Å²) in [5.41, 5.74) is 6.76. The van der Waals surface area contributed by atoms with Crippen LogP contribution in [0.15, 0.2) is 6.20 Å². The molecule has 0 saturated heterocycles. The fourth-order valence-electron chi connectivity index (χ4n) is 1.47. The Morgan fingerprint density at radius 1 is 1.71 bits per heavy atom. The largest absolute Gasteiger partial charge is 0.320 e. The number of hydrogen-bond acceptors (Lipinski definition) is 4. The van der Waals surface area contributed by atoms with Crippen molar-refractivity contribution in [2.45, 2.75) is 32.9 Å². The molecule has 0 unspecified atom stereocenters. The monoisotopic (exact) mass is 256 g/mol. The van der Waals surface area contributed by atoms with E-state index >= 15 is 0 Å². The van der Waals surface area contributed by atoms with Crippen molar-refractivity contribution in [3.63, 3.8) is 0 Å². The van der Waals surface area contributed by atoms with E-state index in [1.54, 1.807) is 22.6 Å². The Hall–Kier alpha value is -1.01. The molecule has 0 aliphatic carbocycles. The van der Waals surface area contributed by atoms with E-state index in [0.717, 1.165) is 23.7 Å². The summed E-state index contributed by atoms with van der Waals surface area (Å²) in [6.45, 7) is 4.63. The van der Waals surface area contributed by atoms with Gasteiger partial charge in [-0.25, -0.2) is 4.68 Å². The maximum Gasteiger partial charge on any atom is 0.242 e. The second-order valence-electron chi connectivity index (χ2n) is 3.87. The van der Waals surface area contributed by atoms with Gasteiger partial charge in [0.2, 0.25) is 5.91 Å². The molecule has 1 amide bonds. The highest BCUT2D eigenvalue weighted by molar-refractivity contribution is 7.98. The van der Waals surface area contributed by atoms with Crippen LogP contribution in [0.5, 0.6) is 0 Å². The standard InChI is InChI=1S/C11H20N4OS/c1-4-15-10(8(2)7-13-15)14-11(16)9(12)5-6-17-3/h7,9H,4-6,12H2,1-3H3,(H,14,16)/t9-/m0/s1. The molecule has 96 valence electrons. The maximum absolute atomic E-state index is 11.9. The summed E-state index contributed by atoms with van der Waals surface area (Å²) in [6.07, 6.45) is 4.43. The van der Waals surface area contributed by atoms with Crippen molar-refractivity contribution in [1.29, 1.82) is 0 Å². The first-order valence-corrected chi connectivity index (χ1v) is 7.07. The second kappa shape index (κ2) is 6.66. The van der Waals surface area contributed by atoms with E-state index in [2.05, 4.69) is 10.4 Å². The lowest BCUT2D eigenvalue weighted by atomic mass is 10.2. The van der Waals surface area contributed by atoms with Gasteiger partial charge in [0.1, 0.15) is 5.82 Å². The molecule has 3 N–H and O–H groups in total. The van der Waals surface area contributed by atoms with Crippen molar-refractivity contribution in [2.75, 3.05) is 17.3 Å². The number of nitrogens with one attached hydrogen (secondary N) is 1. The summed E-state index contributed by atoms with van der Waals surface area (Å²) >= 11 is 1.69. The first-order chi connectivity index (χ1) is 8.10. The summed E-state index contributed by atoms with van der Waals surface area (Å²) < 4.78 is 1.76. The van der Waals surface area contributed by atoms with Crippen molar-refractivity contribution >= 4 is 23.5 Å². The Morgan fingerprint density at radius 2 is 2.41 bits per heavy atom. The number of aryl methyl sites for hydroxylation is 2. The van der Waals surface area contributed by atoms with Gasteiger partial charge in [0.05, 0.1) is 12.2 Å². The Balaban J connectivity index is 2.63. The number of rotatable bonds is 6. The Labute approximate surface area is 106 Å². The van der Waals surface area contributed by atoms with Crippen LogP contribution in [0.1, 0.15) is 18.9 Å². The fourth-order valence-corrected chi connectivity index (χ4v) is 1.96. The van der Waals surface area contributed by atoms with Gasteiger partial charge in [0, 0.05) is 12.1 Å². The predicted molar refractivity (Wildman–Crippen MR) is 72.2 cm³/mol. The Bertz CT molecular complexity index is 378. The average molecular weight is 256 g/mol. The summed E-state index contributed by atoms with van der Waals surface area (Å²) in [5, 5.41) is 7.01. The second-order valence-corrected chi connectivity index (χ2v) is 4.85. The molecule has 0 radical (unpaired) electrons. The van der Waals surface area contributed by atoms with E-state index in [4.69, 9.17) is 5.73 Å². The van der Waals surface area contributed by atoms with E-state index in [1.807, 2.05) is 20.1 Å². The van der Waals surface area contributed by atoms with Crippen LogP contribution in [0.4, 0.5) is 5.82 Å². The normalized spacial score (nSPS) is 12.5. The number of carbonyl (C=O) groups is 1. The van der Waals surface area contributed by atoms with E-state index in [-0.39, 0.29) is 5.91 Å². The molecule has 0 spiro atoms. The van der Waals surface area contributed by atoms with Crippen molar-refractivity contribution < 1.29 is 4.79 Å². The number of carbonyl (C=O) groups excluding carboxylic acids is 1. The summed E-state index contributed by atoms with van der Waals surface area (Å²) in [7, 11) is 0. The van der Waals surface area contributed by atoms with Crippen molar-refractivity contribution in [3.8, 4) is 0 Å². The van der Waals surface area contributed by atoms with Crippen molar-refractivity contribution in [2.24, 2.45) is 5.73 Å². The molecule has 1 rings (SSSR count). The lowest BCUT2D eigenvalue weighted by Crippen LogP contribution is -2.36. The molecule has 6 heteroatoms. The third-order valence-corrected chi connectivity index (χ3v) is 3.18. The zero-order valence-corrected chi connectivity index (χ0v) is 11.4. The molecule has 0 aromatic carbocycles. The SMILES string of the molecule is CCn1ncc(C)c1NC(=O)[C@@H](N)CCSC. The van der Waals surface area contributed by atoms with Crippen molar-refractivity contribution in [1.82, 2.24) is 9.78 Å². The summed E-state index contributed by atoms with van der Waals surface area (Å²) in [5.74, 6) is 1.50. The first kappa shape index (κ1) is 14.1. The summed E-state index contributed by atoms with van der Waals surface area (Å²) in [4.78, 5) is 11.9. The Morgan fingerprint density at radius 3 is 3.00 bits per heavy atom. The first-order valence-electron chi connectivity index (χ1n) is 5.68. The zero-order valence-electron chi connectivity index (χ0n) is 10.6. The van der Waals surface area contributed by atoms with Crippen LogP contribution in [-0.4, -0.2) is 33.7 Å². The highest BCUT2D eigenvalue weighted by Gasteiger charge is 2.16. The number of hydrogen-bond donors (Lipinski definition) is 2. The number of nitrogens with zero attached hydrogens (tertiary/aromatic N) is 2. The van der Waals surface area contributed by atoms with Gasteiger partial charge in [0.25, 0.3) is 0 Å². The van der Waals surface area contributed by atoms with Gasteiger partial charge in [-0.15, -0.1) is 0 Å².